The van der Waals surface area contributed by atoms with E-state index in [1.807, 2.05) is 13.0 Å². The first kappa shape index (κ1) is 14.1. The van der Waals surface area contributed by atoms with Crippen molar-refractivity contribution in [1.29, 1.82) is 0 Å². The van der Waals surface area contributed by atoms with Crippen LogP contribution in [0.4, 0.5) is 0 Å². The number of fused-ring (bicyclic) bond motifs is 1. The molecule has 1 aromatic heterocycles. The fourth-order valence-corrected chi connectivity index (χ4v) is 2.11. The van der Waals surface area contributed by atoms with Crippen molar-refractivity contribution in [2.24, 2.45) is 5.73 Å². The topological polar surface area (TPSA) is 105 Å². The standard InChI is InChI=1S/C14H16N2O4/c1-7-3-10(20-2)5-8-4-9(6-11(15)14(18)19)13(17)16-12(7)8/h3-5,11H,6,15H2,1-2H3,(H,16,17)(H,18,19). The van der Waals surface area contributed by atoms with E-state index in [1.54, 1.807) is 19.2 Å². The number of nitrogens with one attached hydrogen (secondary N) is 1. The molecule has 0 amide bonds. The minimum absolute atomic E-state index is 0.0170. The maximum Gasteiger partial charge on any atom is 0.320 e. The zero-order chi connectivity index (χ0) is 14.9. The second-order valence-corrected chi connectivity index (χ2v) is 4.68. The van der Waals surface area contributed by atoms with E-state index in [1.165, 1.54) is 0 Å². The number of hydrogen-bond acceptors (Lipinski definition) is 4. The van der Waals surface area contributed by atoms with Crippen molar-refractivity contribution >= 4 is 16.9 Å². The summed E-state index contributed by atoms with van der Waals surface area (Å²) in [5.41, 5.74) is 7.09. The number of benzene rings is 1. The zero-order valence-electron chi connectivity index (χ0n) is 11.3. The van der Waals surface area contributed by atoms with E-state index in [2.05, 4.69) is 4.98 Å². The van der Waals surface area contributed by atoms with Gasteiger partial charge in [0.05, 0.1) is 12.6 Å². The van der Waals surface area contributed by atoms with Crippen LogP contribution in [-0.4, -0.2) is 29.2 Å². The Hall–Kier alpha value is -2.34. The smallest absolute Gasteiger partial charge is 0.320 e. The van der Waals surface area contributed by atoms with Crippen LogP contribution in [0.1, 0.15) is 11.1 Å². The summed E-state index contributed by atoms with van der Waals surface area (Å²) in [6.07, 6.45) is -0.0170. The molecule has 6 heteroatoms. The van der Waals surface area contributed by atoms with E-state index in [0.717, 1.165) is 10.9 Å². The molecule has 0 radical (unpaired) electrons. The van der Waals surface area contributed by atoms with Gasteiger partial charge in [-0.05, 0) is 30.7 Å². The van der Waals surface area contributed by atoms with E-state index in [9.17, 15) is 9.59 Å². The second kappa shape index (κ2) is 5.34. The van der Waals surface area contributed by atoms with Crippen LogP contribution in [0.25, 0.3) is 10.9 Å². The van der Waals surface area contributed by atoms with Crippen molar-refractivity contribution in [2.75, 3.05) is 7.11 Å². The highest BCUT2D eigenvalue weighted by molar-refractivity contribution is 5.84. The molecular weight excluding hydrogens is 260 g/mol. The van der Waals surface area contributed by atoms with Crippen molar-refractivity contribution in [3.05, 3.63) is 39.7 Å². The predicted octanol–water partition coefficient (Wildman–Crippen LogP) is 0.800. The second-order valence-electron chi connectivity index (χ2n) is 4.68. The number of aryl methyl sites for hydroxylation is 1. The van der Waals surface area contributed by atoms with Crippen LogP contribution in [0, 0.1) is 6.92 Å². The van der Waals surface area contributed by atoms with Crippen molar-refractivity contribution in [1.82, 2.24) is 4.98 Å². The molecule has 0 saturated heterocycles. The molecule has 0 saturated carbocycles. The molecule has 0 aliphatic heterocycles. The highest BCUT2D eigenvalue weighted by Gasteiger charge is 2.15. The van der Waals surface area contributed by atoms with Crippen LogP contribution in [0.3, 0.4) is 0 Å². The molecule has 0 aliphatic carbocycles. The number of aliphatic carboxylic acids is 1. The summed E-state index contributed by atoms with van der Waals surface area (Å²) >= 11 is 0. The monoisotopic (exact) mass is 276 g/mol. The first-order valence-electron chi connectivity index (χ1n) is 6.11. The third-order valence-electron chi connectivity index (χ3n) is 3.19. The van der Waals surface area contributed by atoms with Gasteiger partial charge in [-0.25, -0.2) is 0 Å². The van der Waals surface area contributed by atoms with Crippen LogP contribution in [0.15, 0.2) is 23.0 Å². The predicted molar refractivity (Wildman–Crippen MR) is 75.2 cm³/mol. The lowest BCUT2D eigenvalue weighted by Crippen LogP contribution is -2.34. The van der Waals surface area contributed by atoms with Gasteiger partial charge in [0.1, 0.15) is 11.8 Å². The highest BCUT2D eigenvalue weighted by Crippen LogP contribution is 2.23. The first-order chi connectivity index (χ1) is 9.42. The molecule has 4 N–H and O–H groups in total. The number of carboxylic acids is 1. The quantitative estimate of drug-likeness (QED) is 0.766. The molecule has 1 heterocycles. The van der Waals surface area contributed by atoms with Gasteiger partial charge in [0.25, 0.3) is 5.56 Å². The number of carbonyl (C=O) groups is 1. The molecule has 20 heavy (non-hydrogen) atoms. The lowest BCUT2D eigenvalue weighted by molar-refractivity contribution is -0.138. The molecule has 0 bridgehead atoms. The molecule has 1 unspecified atom stereocenters. The van der Waals surface area contributed by atoms with Gasteiger partial charge in [-0.3, -0.25) is 9.59 Å². The van der Waals surface area contributed by atoms with Crippen LogP contribution in [0.5, 0.6) is 5.75 Å². The molecule has 0 fully saturated rings. The highest BCUT2D eigenvalue weighted by atomic mass is 16.5. The summed E-state index contributed by atoms with van der Waals surface area (Å²) in [5, 5.41) is 9.60. The van der Waals surface area contributed by atoms with Gasteiger partial charge < -0.3 is 20.6 Å². The number of carboxylic acid groups (broad SMARTS) is 1. The molecule has 1 aromatic carbocycles. The number of aromatic amines is 1. The summed E-state index contributed by atoms with van der Waals surface area (Å²) in [6.45, 7) is 1.86. The van der Waals surface area contributed by atoms with Gasteiger partial charge in [0, 0.05) is 17.4 Å². The molecule has 0 aliphatic rings. The third kappa shape index (κ3) is 2.65. The number of hydrogen-bond donors (Lipinski definition) is 3. The van der Waals surface area contributed by atoms with E-state index in [4.69, 9.17) is 15.6 Å². The van der Waals surface area contributed by atoms with E-state index >= 15 is 0 Å². The van der Waals surface area contributed by atoms with Crippen molar-refractivity contribution in [3.8, 4) is 5.75 Å². The maximum atomic E-state index is 12.0. The van der Waals surface area contributed by atoms with Crippen LogP contribution in [0.2, 0.25) is 0 Å². The van der Waals surface area contributed by atoms with Gasteiger partial charge in [-0.2, -0.15) is 0 Å². The van der Waals surface area contributed by atoms with Gasteiger partial charge in [0.2, 0.25) is 0 Å². The number of pyridine rings is 1. The fourth-order valence-electron chi connectivity index (χ4n) is 2.11. The Kier molecular flexibility index (Phi) is 3.76. The summed E-state index contributed by atoms with van der Waals surface area (Å²) in [7, 11) is 1.56. The maximum absolute atomic E-state index is 12.0. The normalized spacial score (nSPS) is 12.3. The van der Waals surface area contributed by atoms with Gasteiger partial charge in [-0.1, -0.05) is 0 Å². The average molecular weight is 276 g/mol. The first-order valence-corrected chi connectivity index (χ1v) is 6.11. The number of aromatic nitrogens is 1. The molecular formula is C14H16N2O4. The Morgan fingerprint density at radius 2 is 2.15 bits per heavy atom. The Morgan fingerprint density at radius 3 is 2.75 bits per heavy atom. The molecule has 2 rings (SSSR count). The number of methoxy groups -OCH3 is 1. The minimum Gasteiger partial charge on any atom is -0.497 e. The number of rotatable bonds is 4. The molecule has 1 atom stereocenters. The zero-order valence-corrected chi connectivity index (χ0v) is 11.3. The summed E-state index contributed by atoms with van der Waals surface area (Å²) in [4.78, 5) is 25.5. The Balaban J connectivity index is 2.55. The van der Waals surface area contributed by atoms with E-state index in [-0.39, 0.29) is 12.0 Å². The van der Waals surface area contributed by atoms with Crippen molar-refractivity contribution < 1.29 is 14.6 Å². The summed E-state index contributed by atoms with van der Waals surface area (Å²) < 4.78 is 5.18. The molecule has 6 nitrogen and oxygen atoms in total. The minimum atomic E-state index is -1.13. The molecule has 2 aromatic rings. The van der Waals surface area contributed by atoms with Crippen LogP contribution in [-0.2, 0) is 11.2 Å². The number of ether oxygens (including phenoxy) is 1. The average Bonchev–Trinajstić information content (AvgIpc) is 2.40. The largest absolute Gasteiger partial charge is 0.497 e. The van der Waals surface area contributed by atoms with Gasteiger partial charge in [0.15, 0.2) is 0 Å². The van der Waals surface area contributed by atoms with E-state index in [0.29, 0.717) is 16.8 Å². The van der Waals surface area contributed by atoms with Crippen molar-refractivity contribution in [2.45, 2.75) is 19.4 Å². The fraction of sp³-hybridized carbons (Fsp3) is 0.286. The van der Waals surface area contributed by atoms with Crippen LogP contribution >= 0.6 is 0 Å². The molecule has 106 valence electrons. The van der Waals surface area contributed by atoms with Gasteiger partial charge in [-0.15, -0.1) is 0 Å². The van der Waals surface area contributed by atoms with Gasteiger partial charge >= 0.3 is 5.97 Å². The Labute approximate surface area is 115 Å². The van der Waals surface area contributed by atoms with E-state index < -0.39 is 12.0 Å². The SMILES string of the molecule is COc1cc(C)c2[nH]c(=O)c(CC(N)C(=O)O)cc2c1. The van der Waals surface area contributed by atoms with Crippen LogP contribution < -0.4 is 16.0 Å². The Bertz CT molecular complexity index is 721. The number of nitrogens with two attached hydrogens (primary N) is 1. The lowest BCUT2D eigenvalue weighted by Gasteiger charge is -2.09. The van der Waals surface area contributed by atoms with Crippen molar-refractivity contribution in [3.63, 3.8) is 0 Å². The summed E-state index contributed by atoms with van der Waals surface area (Å²) in [5.74, 6) is -0.457. The Morgan fingerprint density at radius 1 is 1.45 bits per heavy atom. The summed E-state index contributed by atoms with van der Waals surface area (Å²) in [6, 6.07) is 4.17. The molecule has 0 spiro atoms. The number of H-pyrrole nitrogens is 1. The third-order valence-corrected chi connectivity index (χ3v) is 3.19. The lowest BCUT2D eigenvalue weighted by atomic mass is 10.0.